The summed E-state index contributed by atoms with van der Waals surface area (Å²) in [7, 11) is 1.58. The molecule has 0 heterocycles. The molecule has 0 aliphatic carbocycles. The van der Waals surface area contributed by atoms with Crippen LogP contribution in [0.3, 0.4) is 0 Å². The molecule has 1 atom stereocenters. The SMILES string of the molecule is COCCNC(=O)[C@@H](NC(=O)c1ccc(C(C)(C)C)cc1)C(C)C. The molecule has 0 fully saturated rings. The largest absolute Gasteiger partial charge is 0.383 e. The average molecular weight is 334 g/mol. The molecule has 24 heavy (non-hydrogen) atoms. The van der Waals surface area contributed by atoms with Gasteiger partial charge >= 0.3 is 0 Å². The molecule has 1 rings (SSSR count). The van der Waals surface area contributed by atoms with E-state index in [2.05, 4.69) is 31.4 Å². The molecule has 134 valence electrons. The van der Waals surface area contributed by atoms with Crippen molar-refractivity contribution in [2.45, 2.75) is 46.1 Å². The lowest BCUT2D eigenvalue weighted by molar-refractivity contribution is -0.124. The Kier molecular flexibility index (Phi) is 7.42. The molecular weight excluding hydrogens is 304 g/mol. The summed E-state index contributed by atoms with van der Waals surface area (Å²) in [4.78, 5) is 24.7. The molecule has 0 aromatic heterocycles. The molecular formula is C19H30N2O3. The molecule has 0 aliphatic heterocycles. The van der Waals surface area contributed by atoms with Crippen LogP contribution < -0.4 is 10.6 Å². The zero-order chi connectivity index (χ0) is 18.3. The van der Waals surface area contributed by atoms with Gasteiger partial charge in [0.05, 0.1) is 6.61 Å². The number of carbonyl (C=O) groups is 2. The van der Waals surface area contributed by atoms with Crippen LogP contribution in [0.5, 0.6) is 0 Å². The molecule has 0 unspecified atom stereocenters. The van der Waals surface area contributed by atoms with Crippen molar-refractivity contribution in [3.8, 4) is 0 Å². The Bertz CT molecular complexity index is 545. The van der Waals surface area contributed by atoms with Gasteiger partial charge in [0, 0.05) is 19.2 Å². The highest BCUT2D eigenvalue weighted by molar-refractivity contribution is 5.97. The van der Waals surface area contributed by atoms with Gasteiger partial charge in [-0.25, -0.2) is 0 Å². The van der Waals surface area contributed by atoms with E-state index in [1.54, 1.807) is 19.2 Å². The molecule has 0 spiro atoms. The minimum absolute atomic E-state index is 0.00894. The summed E-state index contributed by atoms with van der Waals surface area (Å²) >= 11 is 0. The highest BCUT2D eigenvalue weighted by atomic mass is 16.5. The molecule has 0 bridgehead atoms. The van der Waals surface area contributed by atoms with Gasteiger partial charge in [-0.15, -0.1) is 0 Å². The maximum absolute atomic E-state index is 12.4. The van der Waals surface area contributed by atoms with E-state index in [0.29, 0.717) is 18.7 Å². The summed E-state index contributed by atoms with van der Waals surface area (Å²) in [5, 5.41) is 5.60. The number of rotatable bonds is 7. The Morgan fingerprint density at radius 2 is 1.71 bits per heavy atom. The Morgan fingerprint density at radius 1 is 1.12 bits per heavy atom. The van der Waals surface area contributed by atoms with E-state index < -0.39 is 6.04 Å². The first kappa shape index (κ1) is 20.2. The van der Waals surface area contributed by atoms with Gasteiger partial charge in [0.2, 0.25) is 5.91 Å². The van der Waals surface area contributed by atoms with Crippen molar-refractivity contribution < 1.29 is 14.3 Å². The second-order valence-corrected chi connectivity index (χ2v) is 7.31. The summed E-state index contributed by atoms with van der Waals surface area (Å²) in [6, 6.07) is 6.94. The summed E-state index contributed by atoms with van der Waals surface area (Å²) < 4.78 is 4.92. The van der Waals surface area contributed by atoms with Gasteiger partial charge in [-0.05, 0) is 29.0 Å². The van der Waals surface area contributed by atoms with Crippen LogP contribution in [0, 0.1) is 5.92 Å². The third-order valence-electron chi connectivity index (χ3n) is 3.85. The molecule has 1 aromatic carbocycles. The maximum atomic E-state index is 12.4. The molecule has 0 saturated heterocycles. The van der Waals surface area contributed by atoms with Crippen molar-refractivity contribution >= 4 is 11.8 Å². The first-order valence-corrected chi connectivity index (χ1v) is 8.35. The zero-order valence-electron chi connectivity index (χ0n) is 15.6. The molecule has 2 amide bonds. The highest BCUT2D eigenvalue weighted by Gasteiger charge is 2.24. The molecule has 0 aliphatic rings. The van der Waals surface area contributed by atoms with Crippen LogP contribution in [0.4, 0.5) is 0 Å². The smallest absolute Gasteiger partial charge is 0.251 e. The fraction of sp³-hybridized carbons (Fsp3) is 0.579. The van der Waals surface area contributed by atoms with Crippen molar-refractivity contribution in [3.05, 3.63) is 35.4 Å². The molecule has 5 nitrogen and oxygen atoms in total. The number of hydrogen-bond acceptors (Lipinski definition) is 3. The van der Waals surface area contributed by atoms with Crippen molar-refractivity contribution in [2.24, 2.45) is 5.92 Å². The Morgan fingerprint density at radius 3 is 2.17 bits per heavy atom. The number of amides is 2. The van der Waals surface area contributed by atoms with Crippen LogP contribution in [0.25, 0.3) is 0 Å². The Hall–Kier alpha value is -1.88. The average Bonchev–Trinajstić information content (AvgIpc) is 2.51. The number of ether oxygens (including phenoxy) is 1. The fourth-order valence-electron chi connectivity index (χ4n) is 2.27. The fourth-order valence-corrected chi connectivity index (χ4v) is 2.27. The summed E-state index contributed by atoms with van der Waals surface area (Å²) in [5.74, 6) is -0.442. The van der Waals surface area contributed by atoms with Gasteiger partial charge in [0.15, 0.2) is 0 Å². The van der Waals surface area contributed by atoms with Crippen molar-refractivity contribution in [2.75, 3.05) is 20.3 Å². The Balaban J connectivity index is 2.76. The molecule has 1 aromatic rings. The number of carbonyl (C=O) groups excluding carboxylic acids is 2. The summed E-state index contributed by atoms with van der Waals surface area (Å²) in [5.41, 5.74) is 1.76. The van der Waals surface area contributed by atoms with Crippen LogP contribution in [0.1, 0.15) is 50.5 Å². The Labute approximate surface area is 145 Å². The summed E-state index contributed by atoms with van der Waals surface area (Å²) in [6.45, 7) is 11.1. The predicted octanol–water partition coefficient (Wildman–Crippen LogP) is 2.50. The van der Waals surface area contributed by atoms with Crippen LogP contribution in [-0.2, 0) is 14.9 Å². The zero-order valence-corrected chi connectivity index (χ0v) is 15.6. The minimum atomic E-state index is -0.573. The summed E-state index contributed by atoms with van der Waals surface area (Å²) in [6.07, 6.45) is 0. The van der Waals surface area contributed by atoms with E-state index in [9.17, 15) is 9.59 Å². The van der Waals surface area contributed by atoms with Gasteiger partial charge in [-0.2, -0.15) is 0 Å². The topological polar surface area (TPSA) is 67.4 Å². The van der Waals surface area contributed by atoms with Crippen molar-refractivity contribution in [1.29, 1.82) is 0 Å². The van der Waals surface area contributed by atoms with Crippen LogP contribution in [-0.4, -0.2) is 38.1 Å². The lowest BCUT2D eigenvalue weighted by Crippen LogP contribution is -2.50. The van der Waals surface area contributed by atoms with E-state index in [1.165, 1.54) is 0 Å². The van der Waals surface area contributed by atoms with E-state index in [1.807, 2.05) is 26.0 Å². The number of hydrogen-bond donors (Lipinski definition) is 2. The standard InChI is InChI=1S/C19H30N2O3/c1-13(2)16(18(23)20-11-12-24-6)21-17(22)14-7-9-15(10-8-14)19(3,4)5/h7-10,13,16H,11-12H2,1-6H3,(H,20,23)(H,21,22)/t16-/m0/s1. The van der Waals surface area contributed by atoms with E-state index >= 15 is 0 Å². The first-order chi connectivity index (χ1) is 11.2. The monoisotopic (exact) mass is 334 g/mol. The lowest BCUT2D eigenvalue weighted by Gasteiger charge is -2.22. The van der Waals surface area contributed by atoms with E-state index in [4.69, 9.17) is 4.74 Å². The third kappa shape index (κ3) is 5.96. The normalized spacial score (nSPS) is 12.8. The molecule has 0 radical (unpaired) electrons. The lowest BCUT2D eigenvalue weighted by atomic mass is 9.86. The number of benzene rings is 1. The van der Waals surface area contributed by atoms with Gasteiger partial charge in [0.25, 0.3) is 5.91 Å². The second-order valence-electron chi connectivity index (χ2n) is 7.31. The van der Waals surface area contributed by atoms with Crippen molar-refractivity contribution in [1.82, 2.24) is 10.6 Å². The van der Waals surface area contributed by atoms with Gasteiger partial charge in [-0.1, -0.05) is 46.8 Å². The van der Waals surface area contributed by atoms with Crippen LogP contribution >= 0.6 is 0 Å². The number of methoxy groups -OCH3 is 1. The van der Waals surface area contributed by atoms with Crippen molar-refractivity contribution in [3.63, 3.8) is 0 Å². The molecule has 0 saturated carbocycles. The maximum Gasteiger partial charge on any atom is 0.251 e. The predicted molar refractivity (Wildman–Crippen MR) is 96.1 cm³/mol. The molecule has 2 N–H and O–H groups in total. The van der Waals surface area contributed by atoms with Gasteiger partial charge in [-0.3, -0.25) is 9.59 Å². The highest BCUT2D eigenvalue weighted by Crippen LogP contribution is 2.22. The first-order valence-electron chi connectivity index (χ1n) is 8.35. The van der Waals surface area contributed by atoms with E-state index in [0.717, 1.165) is 5.56 Å². The van der Waals surface area contributed by atoms with Gasteiger partial charge in [0.1, 0.15) is 6.04 Å². The minimum Gasteiger partial charge on any atom is -0.383 e. The van der Waals surface area contributed by atoms with Crippen LogP contribution in [0.2, 0.25) is 0 Å². The number of nitrogens with one attached hydrogen (secondary N) is 2. The second kappa shape index (κ2) is 8.83. The van der Waals surface area contributed by atoms with Crippen LogP contribution in [0.15, 0.2) is 24.3 Å². The quantitative estimate of drug-likeness (QED) is 0.753. The third-order valence-corrected chi connectivity index (χ3v) is 3.85. The molecule has 5 heteroatoms. The van der Waals surface area contributed by atoms with E-state index in [-0.39, 0.29) is 23.1 Å². The van der Waals surface area contributed by atoms with Gasteiger partial charge < -0.3 is 15.4 Å².